The molecule has 1 N–H and O–H groups in total. The van der Waals surface area contributed by atoms with E-state index in [1.807, 2.05) is 49.6 Å². The molecule has 0 radical (unpaired) electrons. The standard InChI is InChI=1S/C31H44N2O4S/c1-4-5-18-33(37-22-24-12-7-6-8-13-24)21-25-15-16-27(28(20-25)26-14-10-9-11-23(26)2)30(34)32-29(31(35)36)17-19-38-3/h9-11,14-16,20,24,29H,4-8,12-13,17-19,21-22H2,1-3H3,(H,32,34)(H,35,36)/p-1/t29-/m0/s1. The predicted molar refractivity (Wildman–Crippen MR) is 154 cm³/mol. The van der Waals surface area contributed by atoms with E-state index in [4.69, 9.17) is 4.84 Å². The van der Waals surface area contributed by atoms with Gasteiger partial charge in [-0.25, -0.2) is 0 Å². The Bertz CT molecular complexity index is 1040. The molecule has 3 rings (SSSR count). The summed E-state index contributed by atoms with van der Waals surface area (Å²) in [5, 5.41) is 16.4. The smallest absolute Gasteiger partial charge is 0.252 e. The van der Waals surface area contributed by atoms with Crippen LogP contribution in [0.2, 0.25) is 0 Å². The molecule has 208 valence electrons. The minimum Gasteiger partial charge on any atom is -0.548 e. The van der Waals surface area contributed by atoms with Gasteiger partial charge in [0.15, 0.2) is 0 Å². The molecule has 1 aliphatic rings. The molecular formula is C31H43N2O4S-. The van der Waals surface area contributed by atoms with Gasteiger partial charge in [-0.15, -0.1) is 0 Å². The van der Waals surface area contributed by atoms with Crippen molar-refractivity contribution in [3.63, 3.8) is 0 Å². The fourth-order valence-electron chi connectivity index (χ4n) is 5.00. The Morgan fingerprint density at radius 3 is 2.58 bits per heavy atom. The molecule has 0 bridgehead atoms. The van der Waals surface area contributed by atoms with Crippen molar-refractivity contribution < 1.29 is 19.5 Å². The van der Waals surface area contributed by atoms with Crippen molar-refractivity contribution in [1.29, 1.82) is 0 Å². The monoisotopic (exact) mass is 539 g/mol. The predicted octanol–water partition coefficient (Wildman–Crippen LogP) is 5.38. The second-order valence-electron chi connectivity index (χ2n) is 10.3. The third-order valence-electron chi connectivity index (χ3n) is 7.30. The Labute approximate surface area is 232 Å². The van der Waals surface area contributed by atoms with Gasteiger partial charge in [0, 0.05) is 18.7 Å². The number of thioether (sulfide) groups is 1. The van der Waals surface area contributed by atoms with Gasteiger partial charge < -0.3 is 15.2 Å². The number of nitrogens with one attached hydrogen (secondary N) is 1. The number of hydroxylamine groups is 2. The first-order chi connectivity index (χ1) is 18.4. The molecule has 1 atom stereocenters. The zero-order valence-electron chi connectivity index (χ0n) is 23.2. The van der Waals surface area contributed by atoms with E-state index in [0.29, 0.717) is 30.2 Å². The van der Waals surface area contributed by atoms with E-state index in [2.05, 4.69) is 23.4 Å². The highest BCUT2D eigenvalue weighted by Gasteiger charge is 2.21. The summed E-state index contributed by atoms with van der Waals surface area (Å²) in [6.45, 7) is 6.45. The number of unbranched alkanes of at least 4 members (excludes halogenated alkanes) is 1. The van der Waals surface area contributed by atoms with Crippen molar-refractivity contribution in [2.24, 2.45) is 5.92 Å². The highest BCUT2D eigenvalue weighted by atomic mass is 32.2. The molecule has 0 spiro atoms. The van der Waals surface area contributed by atoms with E-state index < -0.39 is 17.9 Å². The van der Waals surface area contributed by atoms with Crippen molar-refractivity contribution in [3.05, 3.63) is 59.2 Å². The van der Waals surface area contributed by atoms with E-state index in [1.165, 1.54) is 43.9 Å². The summed E-state index contributed by atoms with van der Waals surface area (Å²) in [6, 6.07) is 12.7. The number of benzene rings is 2. The Kier molecular flexibility index (Phi) is 12.6. The zero-order valence-corrected chi connectivity index (χ0v) is 24.0. The quantitative estimate of drug-likeness (QED) is 0.306. The van der Waals surface area contributed by atoms with Crippen LogP contribution in [0.25, 0.3) is 11.1 Å². The van der Waals surface area contributed by atoms with Crippen molar-refractivity contribution in [2.75, 3.05) is 25.2 Å². The lowest BCUT2D eigenvalue weighted by atomic mass is 9.90. The molecule has 0 saturated heterocycles. The molecule has 2 aromatic rings. The maximum atomic E-state index is 13.3. The number of hydrogen-bond acceptors (Lipinski definition) is 6. The first-order valence-electron chi connectivity index (χ1n) is 14.0. The average Bonchev–Trinajstić information content (AvgIpc) is 2.93. The Morgan fingerprint density at radius 1 is 1.13 bits per heavy atom. The summed E-state index contributed by atoms with van der Waals surface area (Å²) in [5.41, 5.74) is 4.31. The Hall–Kier alpha value is -2.35. The zero-order chi connectivity index (χ0) is 27.3. The number of amides is 1. The number of carboxylic acids is 1. The lowest BCUT2D eigenvalue weighted by molar-refractivity contribution is -0.308. The van der Waals surface area contributed by atoms with Crippen LogP contribution < -0.4 is 10.4 Å². The maximum Gasteiger partial charge on any atom is 0.252 e. The largest absolute Gasteiger partial charge is 0.548 e. The number of nitrogens with zero attached hydrogens (tertiary/aromatic N) is 1. The topological polar surface area (TPSA) is 81.7 Å². The van der Waals surface area contributed by atoms with Gasteiger partial charge in [0.1, 0.15) is 0 Å². The average molecular weight is 540 g/mol. The summed E-state index contributed by atoms with van der Waals surface area (Å²) in [7, 11) is 0. The van der Waals surface area contributed by atoms with Crippen LogP contribution in [0, 0.1) is 12.8 Å². The third-order valence-corrected chi connectivity index (χ3v) is 7.95. The summed E-state index contributed by atoms with van der Waals surface area (Å²) in [5.74, 6) is -0.411. The molecule has 1 fully saturated rings. The lowest BCUT2D eigenvalue weighted by Gasteiger charge is -2.27. The van der Waals surface area contributed by atoms with E-state index in [0.717, 1.165) is 48.2 Å². The molecule has 1 saturated carbocycles. The molecule has 2 aromatic carbocycles. The molecule has 6 nitrogen and oxygen atoms in total. The number of hydrogen-bond donors (Lipinski definition) is 1. The van der Waals surface area contributed by atoms with Gasteiger partial charge in [-0.05, 0) is 84.9 Å². The van der Waals surface area contributed by atoms with Gasteiger partial charge in [0.05, 0.1) is 18.6 Å². The van der Waals surface area contributed by atoms with Gasteiger partial charge >= 0.3 is 0 Å². The third kappa shape index (κ3) is 9.14. The van der Waals surface area contributed by atoms with Crippen molar-refractivity contribution in [2.45, 2.75) is 77.8 Å². The van der Waals surface area contributed by atoms with Crippen LogP contribution in [0.3, 0.4) is 0 Å². The summed E-state index contributed by atoms with van der Waals surface area (Å²) >= 11 is 1.54. The number of rotatable bonds is 15. The Morgan fingerprint density at radius 2 is 1.89 bits per heavy atom. The minimum absolute atomic E-state index is 0.317. The van der Waals surface area contributed by atoms with E-state index >= 15 is 0 Å². The van der Waals surface area contributed by atoms with Crippen LogP contribution in [-0.2, 0) is 16.2 Å². The first-order valence-corrected chi connectivity index (χ1v) is 15.4. The number of carbonyl (C=O) groups excluding carboxylic acids is 2. The SMILES string of the molecule is CCCCN(Cc1ccc(C(=O)N[C@@H](CCSC)C(=O)[O-])c(-c2ccccc2C)c1)OCC1CCCCC1. The van der Waals surface area contributed by atoms with Crippen LogP contribution >= 0.6 is 11.8 Å². The van der Waals surface area contributed by atoms with Gasteiger partial charge in [-0.3, -0.25) is 9.63 Å². The maximum absolute atomic E-state index is 13.3. The van der Waals surface area contributed by atoms with Gasteiger partial charge in [0.2, 0.25) is 0 Å². The fourth-order valence-corrected chi connectivity index (χ4v) is 5.47. The molecule has 1 amide bonds. The number of aryl methyl sites for hydroxylation is 1. The van der Waals surface area contributed by atoms with Gasteiger partial charge in [-0.2, -0.15) is 16.8 Å². The first kappa shape index (κ1) is 30.2. The van der Waals surface area contributed by atoms with Gasteiger partial charge in [0.25, 0.3) is 5.91 Å². The van der Waals surface area contributed by atoms with E-state index in [1.54, 1.807) is 0 Å². The number of carbonyl (C=O) groups is 2. The molecule has 0 aromatic heterocycles. The molecule has 1 aliphatic carbocycles. The molecule has 7 heteroatoms. The van der Waals surface area contributed by atoms with Crippen molar-refractivity contribution in [1.82, 2.24) is 10.4 Å². The van der Waals surface area contributed by atoms with E-state index in [-0.39, 0.29) is 0 Å². The van der Waals surface area contributed by atoms with Crippen LogP contribution in [0.4, 0.5) is 0 Å². The minimum atomic E-state index is -1.26. The van der Waals surface area contributed by atoms with Crippen LogP contribution in [0.1, 0.15) is 79.8 Å². The second kappa shape index (κ2) is 15.9. The molecule has 0 heterocycles. The normalized spacial score (nSPS) is 14.9. The van der Waals surface area contributed by atoms with Crippen LogP contribution in [-0.4, -0.2) is 48.1 Å². The highest BCUT2D eigenvalue weighted by molar-refractivity contribution is 7.98. The summed E-state index contributed by atoms with van der Waals surface area (Å²) in [6.07, 6.45) is 10.8. The van der Waals surface area contributed by atoms with Crippen LogP contribution in [0.5, 0.6) is 0 Å². The van der Waals surface area contributed by atoms with Crippen LogP contribution in [0.15, 0.2) is 42.5 Å². The second-order valence-corrected chi connectivity index (χ2v) is 11.3. The Balaban J connectivity index is 1.85. The lowest BCUT2D eigenvalue weighted by Crippen LogP contribution is -2.48. The molecule has 38 heavy (non-hydrogen) atoms. The highest BCUT2D eigenvalue weighted by Crippen LogP contribution is 2.29. The van der Waals surface area contributed by atoms with Crippen molar-refractivity contribution >= 4 is 23.6 Å². The molecule has 0 unspecified atom stereocenters. The molecular weight excluding hydrogens is 496 g/mol. The molecule has 0 aliphatic heterocycles. The van der Waals surface area contributed by atoms with E-state index in [9.17, 15) is 14.7 Å². The van der Waals surface area contributed by atoms with Gasteiger partial charge in [-0.1, -0.05) is 62.9 Å². The number of carboxylic acid groups (broad SMARTS) is 1. The summed E-state index contributed by atoms with van der Waals surface area (Å²) in [4.78, 5) is 31.3. The number of aliphatic carboxylic acids is 1. The van der Waals surface area contributed by atoms with Crippen molar-refractivity contribution in [3.8, 4) is 11.1 Å². The fraction of sp³-hybridized carbons (Fsp3) is 0.548. The summed E-state index contributed by atoms with van der Waals surface area (Å²) < 4.78 is 0.